The molecule has 2 aromatic rings. The van der Waals surface area contributed by atoms with E-state index in [1.165, 1.54) is 4.90 Å². The van der Waals surface area contributed by atoms with Gasteiger partial charge in [0.25, 0.3) is 5.91 Å². The van der Waals surface area contributed by atoms with E-state index in [1.807, 2.05) is 35.2 Å². The Kier molecular flexibility index (Phi) is 6.18. The van der Waals surface area contributed by atoms with E-state index in [9.17, 15) is 14.4 Å². The van der Waals surface area contributed by atoms with Gasteiger partial charge < -0.3 is 14.4 Å². The summed E-state index contributed by atoms with van der Waals surface area (Å²) in [6.45, 7) is 4.11. The first-order valence-electron chi connectivity index (χ1n) is 10.4. The number of carbonyl (C=O) groups excluding carboxylic acids is 3. The van der Waals surface area contributed by atoms with Gasteiger partial charge in [0, 0.05) is 26.2 Å². The summed E-state index contributed by atoms with van der Waals surface area (Å²) in [6.07, 6.45) is -0.198. The van der Waals surface area contributed by atoms with Gasteiger partial charge in [-0.1, -0.05) is 18.2 Å². The van der Waals surface area contributed by atoms with Gasteiger partial charge in [-0.2, -0.15) is 0 Å². The van der Waals surface area contributed by atoms with Gasteiger partial charge in [-0.15, -0.1) is 0 Å². The molecule has 0 aliphatic carbocycles. The van der Waals surface area contributed by atoms with Crippen LogP contribution in [-0.4, -0.2) is 66.5 Å². The monoisotopic (exact) mass is 423 g/mol. The molecule has 1 atom stereocenters. The highest BCUT2D eigenvalue weighted by molar-refractivity contribution is 6.22. The van der Waals surface area contributed by atoms with Crippen LogP contribution in [0.25, 0.3) is 0 Å². The van der Waals surface area contributed by atoms with Gasteiger partial charge in [-0.05, 0) is 43.3 Å². The quantitative estimate of drug-likeness (QED) is 0.688. The van der Waals surface area contributed by atoms with Gasteiger partial charge in [0.15, 0.2) is 0 Å². The predicted molar refractivity (Wildman–Crippen MR) is 114 cm³/mol. The van der Waals surface area contributed by atoms with Gasteiger partial charge in [-0.25, -0.2) is 9.69 Å². The second kappa shape index (κ2) is 9.18. The lowest BCUT2D eigenvalue weighted by Gasteiger charge is -2.36. The first kappa shape index (κ1) is 20.9. The van der Waals surface area contributed by atoms with E-state index < -0.39 is 6.04 Å². The highest BCUT2D eigenvalue weighted by atomic mass is 16.6. The van der Waals surface area contributed by atoms with Gasteiger partial charge in [0.2, 0.25) is 5.91 Å². The SMILES string of the molecule is CCOC(=O)N1CCN([C@@H]2CC(=O)N(c3ccc(Oc4ccccc4)cc3)C2=O)CC1. The maximum Gasteiger partial charge on any atom is 0.409 e. The van der Waals surface area contributed by atoms with Crippen molar-refractivity contribution in [3.8, 4) is 11.5 Å². The lowest BCUT2D eigenvalue weighted by molar-refractivity contribution is -0.123. The van der Waals surface area contributed by atoms with E-state index in [4.69, 9.17) is 9.47 Å². The first-order chi connectivity index (χ1) is 15.1. The van der Waals surface area contributed by atoms with Gasteiger partial charge in [-0.3, -0.25) is 14.5 Å². The minimum absolute atomic E-state index is 0.139. The smallest absolute Gasteiger partial charge is 0.409 e. The molecule has 0 radical (unpaired) electrons. The molecule has 0 N–H and O–H groups in total. The Morgan fingerprint density at radius 2 is 1.58 bits per heavy atom. The highest BCUT2D eigenvalue weighted by Crippen LogP contribution is 2.29. The van der Waals surface area contributed by atoms with Crippen molar-refractivity contribution in [3.63, 3.8) is 0 Å². The summed E-state index contributed by atoms with van der Waals surface area (Å²) < 4.78 is 10.8. The number of piperazine rings is 1. The summed E-state index contributed by atoms with van der Waals surface area (Å²) in [5, 5.41) is 0. The fourth-order valence-electron chi connectivity index (χ4n) is 3.89. The molecule has 2 saturated heterocycles. The summed E-state index contributed by atoms with van der Waals surface area (Å²) in [7, 11) is 0. The van der Waals surface area contributed by atoms with Crippen LogP contribution in [0.1, 0.15) is 13.3 Å². The van der Waals surface area contributed by atoms with E-state index in [2.05, 4.69) is 0 Å². The molecule has 0 saturated carbocycles. The number of hydrogen-bond acceptors (Lipinski definition) is 6. The Labute approximate surface area is 180 Å². The molecule has 162 valence electrons. The predicted octanol–water partition coefficient (Wildman–Crippen LogP) is 2.88. The van der Waals surface area contributed by atoms with Crippen LogP contribution in [-0.2, 0) is 14.3 Å². The zero-order chi connectivity index (χ0) is 21.8. The van der Waals surface area contributed by atoms with E-state index in [-0.39, 0.29) is 24.3 Å². The zero-order valence-electron chi connectivity index (χ0n) is 17.4. The topological polar surface area (TPSA) is 79.4 Å². The van der Waals surface area contributed by atoms with Crippen LogP contribution in [0.3, 0.4) is 0 Å². The Morgan fingerprint density at radius 1 is 0.935 bits per heavy atom. The second-order valence-electron chi connectivity index (χ2n) is 7.42. The number of imide groups is 1. The summed E-state index contributed by atoms with van der Waals surface area (Å²) in [5.41, 5.74) is 0.531. The van der Waals surface area contributed by atoms with Crippen LogP contribution in [0, 0.1) is 0 Å². The molecule has 2 fully saturated rings. The van der Waals surface area contributed by atoms with Crippen molar-refractivity contribution in [2.24, 2.45) is 0 Å². The number of carbonyl (C=O) groups is 3. The molecule has 2 aliphatic rings. The number of hydrogen-bond donors (Lipinski definition) is 0. The van der Waals surface area contributed by atoms with Crippen molar-refractivity contribution < 1.29 is 23.9 Å². The fraction of sp³-hybridized carbons (Fsp3) is 0.348. The van der Waals surface area contributed by atoms with Crippen LogP contribution in [0.15, 0.2) is 54.6 Å². The first-order valence-corrected chi connectivity index (χ1v) is 10.4. The van der Waals surface area contributed by atoms with Crippen molar-refractivity contribution in [3.05, 3.63) is 54.6 Å². The van der Waals surface area contributed by atoms with Crippen LogP contribution < -0.4 is 9.64 Å². The second-order valence-corrected chi connectivity index (χ2v) is 7.42. The molecular formula is C23H25N3O5. The third kappa shape index (κ3) is 4.54. The molecule has 31 heavy (non-hydrogen) atoms. The summed E-state index contributed by atoms with van der Waals surface area (Å²) in [5.74, 6) is 0.886. The van der Waals surface area contributed by atoms with E-state index in [0.717, 1.165) is 0 Å². The largest absolute Gasteiger partial charge is 0.457 e. The van der Waals surface area contributed by atoms with Crippen molar-refractivity contribution in [2.75, 3.05) is 37.7 Å². The average Bonchev–Trinajstić information content (AvgIpc) is 3.09. The molecule has 3 amide bonds. The molecular weight excluding hydrogens is 398 g/mol. The average molecular weight is 423 g/mol. The molecule has 0 unspecified atom stereocenters. The van der Waals surface area contributed by atoms with Crippen molar-refractivity contribution in [1.82, 2.24) is 9.80 Å². The van der Waals surface area contributed by atoms with Gasteiger partial charge in [0.05, 0.1) is 24.8 Å². The molecule has 8 nitrogen and oxygen atoms in total. The third-order valence-corrected chi connectivity index (χ3v) is 5.48. The number of amides is 3. The number of rotatable bonds is 5. The lowest BCUT2D eigenvalue weighted by atomic mass is 10.2. The standard InChI is InChI=1S/C23H25N3O5/c1-2-30-23(29)25-14-12-24(13-15-25)20-16-21(27)26(22(20)28)17-8-10-19(11-9-17)31-18-6-4-3-5-7-18/h3-11,20H,2,12-16H2,1H3/t20-/m1/s1. The summed E-state index contributed by atoms with van der Waals surface area (Å²) in [4.78, 5) is 42.4. The van der Waals surface area contributed by atoms with Crippen molar-refractivity contribution in [2.45, 2.75) is 19.4 Å². The van der Waals surface area contributed by atoms with Gasteiger partial charge in [0.1, 0.15) is 11.5 Å². The van der Waals surface area contributed by atoms with Crippen molar-refractivity contribution in [1.29, 1.82) is 0 Å². The Balaban J connectivity index is 1.39. The Bertz CT molecular complexity index is 939. The van der Waals surface area contributed by atoms with E-state index >= 15 is 0 Å². The number of benzene rings is 2. The molecule has 4 rings (SSSR count). The molecule has 2 aromatic carbocycles. The highest BCUT2D eigenvalue weighted by Gasteiger charge is 2.43. The van der Waals surface area contributed by atoms with Crippen LogP contribution >= 0.6 is 0 Å². The number of anilines is 1. The Morgan fingerprint density at radius 3 is 2.23 bits per heavy atom. The van der Waals surface area contributed by atoms with Gasteiger partial charge >= 0.3 is 6.09 Å². The van der Waals surface area contributed by atoms with Crippen LogP contribution in [0.2, 0.25) is 0 Å². The van der Waals surface area contributed by atoms with Crippen LogP contribution in [0.4, 0.5) is 10.5 Å². The number of para-hydroxylation sites is 1. The minimum atomic E-state index is -0.503. The molecule has 2 aliphatic heterocycles. The third-order valence-electron chi connectivity index (χ3n) is 5.48. The summed E-state index contributed by atoms with van der Waals surface area (Å²) >= 11 is 0. The Hall–Kier alpha value is -3.39. The van der Waals surface area contributed by atoms with Crippen molar-refractivity contribution >= 4 is 23.6 Å². The summed E-state index contributed by atoms with van der Waals surface area (Å²) in [6, 6.07) is 15.8. The number of nitrogens with zero attached hydrogens (tertiary/aromatic N) is 3. The maximum atomic E-state index is 13.0. The zero-order valence-corrected chi connectivity index (χ0v) is 17.4. The van der Waals surface area contributed by atoms with E-state index in [1.54, 1.807) is 36.1 Å². The van der Waals surface area contributed by atoms with Crippen LogP contribution in [0.5, 0.6) is 11.5 Å². The molecule has 8 heteroatoms. The minimum Gasteiger partial charge on any atom is -0.457 e. The number of ether oxygens (including phenoxy) is 2. The molecule has 0 bridgehead atoms. The normalized spacial score (nSPS) is 19.6. The fourth-order valence-corrected chi connectivity index (χ4v) is 3.89. The molecule has 0 aromatic heterocycles. The lowest BCUT2D eigenvalue weighted by Crippen LogP contribution is -2.54. The maximum absolute atomic E-state index is 13.0. The molecule has 2 heterocycles. The van der Waals surface area contributed by atoms with E-state index in [0.29, 0.717) is 50.0 Å². The molecule has 0 spiro atoms.